The standard InChI is InChI=1S/C18H20Cl2N2O4/c1-10-7-13(12(3)22(10)11(2)8-25-4)15(23)9-26-18(24)17-14(19)5-6-16(20)21-17/h5-7,11H,8-9H2,1-4H3. The highest BCUT2D eigenvalue weighted by Crippen LogP contribution is 2.22. The summed E-state index contributed by atoms with van der Waals surface area (Å²) >= 11 is 11.7. The first-order valence-electron chi connectivity index (χ1n) is 7.96. The van der Waals surface area contributed by atoms with Gasteiger partial charge >= 0.3 is 5.97 Å². The molecule has 0 aliphatic heterocycles. The van der Waals surface area contributed by atoms with Crippen molar-refractivity contribution in [3.63, 3.8) is 0 Å². The van der Waals surface area contributed by atoms with Crippen LogP contribution in [0.25, 0.3) is 0 Å². The molecule has 0 spiro atoms. The van der Waals surface area contributed by atoms with Gasteiger partial charge < -0.3 is 14.0 Å². The van der Waals surface area contributed by atoms with Crippen LogP contribution in [0.5, 0.6) is 0 Å². The summed E-state index contributed by atoms with van der Waals surface area (Å²) in [4.78, 5) is 28.4. The van der Waals surface area contributed by atoms with Gasteiger partial charge in [0.2, 0.25) is 5.78 Å². The van der Waals surface area contributed by atoms with E-state index < -0.39 is 12.6 Å². The van der Waals surface area contributed by atoms with Crippen molar-refractivity contribution in [1.29, 1.82) is 0 Å². The summed E-state index contributed by atoms with van der Waals surface area (Å²) in [6.07, 6.45) is 0. The van der Waals surface area contributed by atoms with Crippen LogP contribution in [0.15, 0.2) is 18.2 Å². The number of pyridine rings is 1. The van der Waals surface area contributed by atoms with E-state index >= 15 is 0 Å². The molecule has 0 fully saturated rings. The molecule has 0 bridgehead atoms. The molecule has 2 rings (SSSR count). The second-order valence-corrected chi connectivity index (χ2v) is 6.72. The van der Waals surface area contributed by atoms with Gasteiger partial charge in [-0.2, -0.15) is 0 Å². The van der Waals surface area contributed by atoms with Gasteiger partial charge in [0.05, 0.1) is 17.7 Å². The van der Waals surface area contributed by atoms with E-state index in [1.807, 2.05) is 25.3 Å². The second kappa shape index (κ2) is 8.66. The Hall–Kier alpha value is -1.89. The molecular weight excluding hydrogens is 379 g/mol. The van der Waals surface area contributed by atoms with Crippen LogP contribution in [-0.4, -0.2) is 41.6 Å². The molecule has 0 saturated heterocycles. The van der Waals surface area contributed by atoms with Gasteiger partial charge in [0.25, 0.3) is 0 Å². The molecule has 140 valence electrons. The molecule has 1 unspecified atom stereocenters. The van der Waals surface area contributed by atoms with Crippen molar-refractivity contribution >= 4 is 35.0 Å². The number of nitrogens with zero attached hydrogens (tertiary/aromatic N) is 2. The summed E-state index contributed by atoms with van der Waals surface area (Å²) < 4.78 is 12.3. The van der Waals surface area contributed by atoms with E-state index in [1.165, 1.54) is 12.1 Å². The number of esters is 1. The number of carbonyl (C=O) groups excluding carboxylic acids is 2. The first-order chi connectivity index (χ1) is 12.3. The molecule has 1 atom stereocenters. The van der Waals surface area contributed by atoms with Crippen LogP contribution in [0.2, 0.25) is 10.2 Å². The molecule has 8 heteroatoms. The van der Waals surface area contributed by atoms with Crippen LogP contribution in [0.3, 0.4) is 0 Å². The van der Waals surface area contributed by atoms with Crippen molar-refractivity contribution < 1.29 is 19.1 Å². The normalized spacial score (nSPS) is 12.1. The highest BCUT2D eigenvalue weighted by molar-refractivity contribution is 6.34. The Labute approximate surface area is 162 Å². The summed E-state index contributed by atoms with van der Waals surface area (Å²) in [5.41, 5.74) is 2.11. The van der Waals surface area contributed by atoms with E-state index in [-0.39, 0.29) is 27.7 Å². The smallest absolute Gasteiger partial charge is 0.359 e. The van der Waals surface area contributed by atoms with Crippen LogP contribution >= 0.6 is 23.2 Å². The number of carbonyl (C=O) groups is 2. The fraction of sp³-hybridized carbons (Fsp3) is 0.389. The fourth-order valence-electron chi connectivity index (χ4n) is 2.89. The van der Waals surface area contributed by atoms with E-state index in [0.29, 0.717) is 12.2 Å². The van der Waals surface area contributed by atoms with Crippen LogP contribution in [0.1, 0.15) is 45.2 Å². The number of ether oxygens (including phenoxy) is 2. The minimum Gasteiger partial charge on any atom is -0.453 e. The maximum absolute atomic E-state index is 12.5. The third-order valence-electron chi connectivity index (χ3n) is 3.97. The number of aryl methyl sites for hydroxylation is 1. The lowest BCUT2D eigenvalue weighted by Crippen LogP contribution is -2.17. The average Bonchev–Trinajstić information content (AvgIpc) is 2.89. The Bertz CT molecular complexity index is 833. The van der Waals surface area contributed by atoms with Gasteiger partial charge in [0.15, 0.2) is 12.3 Å². The lowest BCUT2D eigenvalue weighted by molar-refractivity contribution is 0.0469. The first-order valence-corrected chi connectivity index (χ1v) is 8.71. The molecule has 0 N–H and O–H groups in total. The average molecular weight is 399 g/mol. The predicted octanol–water partition coefficient (Wildman–Crippen LogP) is 4.05. The van der Waals surface area contributed by atoms with Crippen LogP contribution in [-0.2, 0) is 9.47 Å². The number of halogens is 2. The molecule has 0 amide bonds. The molecule has 0 saturated carbocycles. The van der Waals surface area contributed by atoms with E-state index in [9.17, 15) is 9.59 Å². The number of aromatic nitrogens is 2. The lowest BCUT2D eigenvalue weighted by Gasteiger charge is -2.17. The monoisotopic (exact) mass is 398 g/mol. The highest BCUT2D eigenvalue weighted by atomic mass is 35.5. The summed E-state index contributed by atoms with van der Waals surface area (Å²) in [7, 11) is 1.63. The largest absolute Gasteiger partial charge is 0.453 e. The van der Waals surface area contributed by atoms with E-state index in [2.05, 4.69) is 4.98 Å². The number of Topliss-reactive ketones (excluding diaryl/α,β-unsaturated/α-hetero) is 1. The van der Waals surface area contributed by atoms with Gasteiger partial charge in [-0.15, -0.1) is 0 Å². The van der Waals surface area contributed by atoms with Gasteiger partial charge in [0.1, 0.15) is 5.15 Å². The van der Waals surface area contributed by atoms with Crippen LogP contribution in [0.4, 0.5) is 0 Å². The number of ketones is 1. The molecule has 2 heterocycles. The van der Waals surface area contributed by atoms with Crippen molar-refractivity contribution in [2.45, 2.75) is 26.8 Å². The first kappa shape index (κ1) is 20.4. The lowest BCUT2D eigenvalue weighted by atomic mass is 10.1. The molecular formula is C18H20Cl2N2O4. The van der Waals surface area contributed by atoms with Crippen LogP contribution in [0, 0.1) is 13.8 Å². The molecule has 6 nitrogen and oxygen atoms in total. The molecule has 2 aromatic heterocycles. The van der Waals surface area contributed by atoms with Crippen molar-refractivity contribution in [3.8, 4) is 0 Å². The van der Waals surface area contributed by atoms with Crippen molar-refractivity contribution in [2.24, 2.45) is 0 Å². The maximum atomic E-state index is 12.5. The number of hydrogen-bond donors (Lipinski definition) is 0. The SMILES string of the molecule is COCC(C)n1c(C)cc(C(=O)COC(=O)c2nc(Cl)ccc2Cl)c1C. The van der Waals surface area contributed by atoms with Crippen LogP contribution < -0.4 is 0 Å². The zero-order chi connectivity index (χ0) is 19.4. The Kier molecular flexibility index (Phi) is 6.81. The molecule has 26 heavy (non-hydrogen) atoms. The Morgan fingerprint density at radius 2 is 1.96 bits per heavy atom. The minimum absolute atomic E-state index is 0.0820. The molecule has 0 aliphatic carbocycles. The Balaban J connectivity index is 2.12. The van der Waals surface area contributed by atoms with Gasteiger partial charge in [0, 0.05) is 24.1 Å². The molecule has 0 aliphatic rings. The summed E-state index contributed by atoms with van der Waals surface area (Å²) in [5.74, 6) is -1.10. The van der Waals surface area contributed by atoms with E-state index in [1.54, 1.807) is 13.2 Å². The predicted molar refractivity (Wildman–Crippen MR) is 99.4 cm³/mol. The van der Waals surface area contributed by atoms with Gasteiger partial charge in [-0.3, -0.25) is 4.79 Å². The third kappa shape index (κ3) is 4.44. The third-order valence-corrected chi connectivity index (χ3v) is 4.49. The van der Waals surface area contributed by atoms with Crippen molar-refractivity contribution in [2.75, 3.05) is 20.3 Å². The number of methoxy groups -OCH3 is 1. The topological polar surface area (TPSA) is 70.4 Å². The van der Waals surface area contributed by atoms with Gasteiger partial charge in [-0.25, -0.2) is 9.78 Å². The van der Waals surface area contributed by atoms with Crippen molar-refractivity contribution in [1.82, 2.24) is 9.55 Å². The molecule has 0 radical (unpaired) electrons. The fourth-order valence-corrected chi connectivity index (χ4v) is 3.22. The minimum atomic E-state index is -0.799. The Morgan fingerprint density at radius 3 is 2.62 bits per heavy atom. The molecule has 0 aromatic carbocycles. The van der Waals surface area contributed by atoms with Gasteiger partial charge in [-0.05, 0) is 39.0 Å². The summed E-state index contributed by atoms with van der Waals surface area (Å²) in [6, 6.07) is 4.77. The van der Waals surface area contributed by atoms with E-state index in [0.717, 1.165) is 11.4 Å². The highest BCUT2D eigenvalue weighted by Gasteiger charge is 2.21. The van der Waals surface area contributed by atoms with E-state index in [4.69, 9.17) is 32.7 Å². The maximum Gasteiger partial charge on any atom is 0.359 e. The number of hydrogen-bond acceptors (Lipinski definition) is 5. The quantitative estimate of drug-likeness (QED) is 0.399. The summed E-state index contributed by atoms with van der Waals surface area (Å²) in [6.45, 7) is 5.88. The van der Waals surface area contributed by atoms with Gasteiger partial charge in [-0.1, -0.05) is 23.2 Å². The Morgan fingerprint density at radius 1 is 1.27 bits per heavy atom. The zero-order valence-corrected chi connectivity index (χ0v) is 16.5. The summed E-state index contributed by atoms with van der Waals surface area (Å²) in [5, 5.41) is 0.224. The zero-order valence-electron chi connectivity index (χ0n) is 15.0. The number of rotatable bonds is 7. The second-order valence-electron chi connectivity index (χ2n) is 5.92. The molecule has 2 aromatic rings. The van der Waals surface area contributed by atoms with Crippen molar-refractivity contribution in [3.05, 3.63) is 51.0 Å².